The molecule has 0 bridgehead atoms. The third-order valence-corrected chi connectivity index (χ3v) is 4.16. The first-order valence-electron chi connectivity index (χ1n) is 6.24. The fourth-order valence-corrected chi connectivity index (χ4v) is 2.95. The zero-order valence-corrected chi connectivity index (χ0v) is 12.3. The van der Waals surface area contributed by atoms with Crippen LogP contribution in [0.2, 0.25) is 19.6 Å². The van der Waals surface area contributed by atoms with Gasteiger partial charge in [0.2, 0.25) is 0 Å². The zero-order valence-electron chi connectivity index (χ0n) is 11.3. The average molecular weight is 268 g/mol. The Bertz CT molecular complexity index is 417. The quantitative estimate of drug-likeness (QED) is 0.333. The monoisotopic (exact) mass is 268 g/mol. The summed E-state index contributed by atoms with van der Waals surface area (Å²) in [4.78, 5) is 11.6. The topological polar surface area (TPSA) is 59.1 Å². The number of carbonyl (C=O) groups is 1. The minimum Gasteiger partial charge on any atom is -0.469 e. The highest BCUT2D eigenvalue weighted by Crippen LogP contribution is 2.45. The van der Waals surface area contributed by atoms with Crippen LogP contribution in [-0.4, -0.2) is 44.1 Å². The Balaban J connectivity index is 2.14. The summed E-state index contributed by atoms with van der Waals surface area (Å²) in [5.41, 5.74) is 2.08. The van der Waals surface area contributed by atoms with Crippen LogP contribution >= 0.6 is 0 Å². The molecule has 2 fully saturated rings. The molecule has 1 heterocycles. The molecular weight excluding hydrogens is 248 g/mol. The number of fused-ring (bicyclic) bond motifs is 1. The second-order valence-electron chi connectivity index (χ2n) is 6.21. The molecule has 0 aromatic rings. The highest BCUT2D eigenvalue weighted by atomic mass is 28.3. The molecule has 1 aliphatic heterocycles. The summed E-state index contributed by atoms with van der Waals surface area (Å²) in [6.07, 6.45) is 0.705. The molecule has 0 amide bonds. The molecule has 4 unspecified atom stereocenters. The van der Waals surface area contributed by atoms with E-state index in [1.807, 2.05) is 0 Å². The van der Waals surface area contributed by atoms with E-state index in [9.17, 15) is 9.90 Å². The normalized spacial score (nSPS) is 38.2. The number of hydrogen-bond acceptors (Lipinski definition) is 4. The molecule has 0 radical (unpaired) electrons. The SMILES string of the molecule is COC(=O)C1CC(O)(C#C[Si](C)(C)C)CC2OC21. The Labute approximate surface area is 109 Å². The average Bonchev–Trinajstić information content (AvgIpc) is 3.02. The first kappa shape index (κ1) is 13.6. The van der Waals surface area contributed by atoms with E-state index in [1.165, 1.54) is 7.11 Å². The zero-order chi connectivity index (χ0) is 13.6. The van der Waals surface area contributed by atoms with Gasteiger partial charge in [-0.25, -0.2) is 0 Å². The van der Waals surface area contributed by atoms with Gasteiger partial charge in [-0.3, -0.25) is 4.79 Å². The molecule has 4 nitrogen and oxygen atoms in total. The third kappa shape index (κ3) is 2.94. The molecule has 0 aromatic carbocycles. The number of esters is 1. The predicted molar refractivity (Wildman–Crippen MR) is 69.5 cm³/mol. The summed E-state index contributed by atoms with van der Waals surface area (Å²) in [7, 11) is -0.170. The van der Waals surface area contributed by atoms with Crippen molar-refractivity contribution in [3.05, 3.63) is 0 Å². The van der Waals surface area contributed by atoms with Crippen LogP contribution in [0.15, 0.2) is 0 Å². The highest BCUT2D eigenvalue weighted by Gasteiger charge is 2.57. The van der Waals surface area contributed by atoms with Gasteiger partial charge in [0.15, 0.2) is 0 Å². The van der Waals surface area contributed by atoms with Crippen molar-refractivity contribution < 1.29 is 19.4 Å². The minimum absolute atomic E-state index is 0.0382. The lowest BCUT2D eigenvalue weighted by atomic mass is 9.78. The van der Waals surface area contributed by atoms with Crippen LogP contribution in [0.4, 0.5) is 0 Å². The van der Waals surface area contributed by atoms with Crippen LogP contribution in [0.3, 0.4) is 0 Å². The molecule has 2 aliphatic rings. The van der Waals surface area contributed by atoms with Crippen molar-refractivity contribution in [2.75, 3.05) is 7.11 Å². The van der Waals surface area contributed by atoms with Crippen LogP contribution in [-0.2, 0) is 14.3 Å². The van der Waals surface area contributed by atoms with E-state index >= 15 is 0 Å². The van der Waals surface area contributed by atoms with Gasteiger partial charge in [0.25, 0.3) is 0 Å². The lowest BCUT2D eigenvalue weighted by molar-refractivity contribution is -0.148. The molecule has 4 atom stereocenters. The maximum atomic E-state index is 11.6. The Hall–Kier alpha value is -0.833. The lowest BCUT2D eigenvalue weighted by Gasteiger charge is -2.29. The smallest absolute Gasteiger partial charge is 0.311 e. The van der Waals surface area contributed by atoms with Gasteiger partial charge in [0, 0.05) is 12.8 Å². The highest BCUT2D eigenvalue weighted by molar-refractivity contribution is 6.83. The first-order valence-corrected chi connectivity index (χ1v) is 9.74. The van der Waals surface area contributed by atoms with Crippen molar-refractivity contribution in [1.82, 2.24) is 0 Å². The van der Waals surface area contributed by atoms with E-state index in [2.05, 4.69) is 31.1 Å². The maximum absolute atomic E-state index is 11.6. The van der Waals surface area contributed by atoms with Gasteiger partial charge in [-0.15, -0.1) is 5.54 Å². The second-order valence-corrected chi connectivity index (χ2v) is 11.0. The fraction of sp³-hybridized carbons (Fsp3) is 0.769. The number of methoxy groups -OCH3 is 1. The van der Waals surface area contributed by atoms with Crippen LogP contribution in [0.1, 0.15) is 12.8 Å². The van der Waals surface area contributed by atoms with Gasteiger partial charge in [-0.05, 0) is 0 Å². The van der Waals surface area contributed by atoms with E-state index in [0.29, 0.717) is 12.8 Å². The summed E-state index contributed by atoms with van der Waals surface area (Å²) in [6.45, 7) is 6.38. The summed E-state index contributed by atoms with van der Waals surface area (Å²) < 4.78 is 10.2. The number of aliphatic hydroxyl groups is 1. The van der Waals surface area contributed by atoms with Gasteiger partial charge < -0.3 is 14.6 Å². The molecule has 0 spiro atoms. The molecule has 1 N–H and O–H groups in total. The molecule has 1 saturated carbocycles. The fourth-order valence-electron chi connectivity index (χ4n) is 2.35. The molecule has 0 aromatic heterocycles. The molecule has 2 rings (SSSR count). The Morgan fingerprint density at radius 3 is 2.67 bits per heavy atom. The van der Waals surface area contributed by atoms with Crippen molar-refractivity contribution >= 4 is 14.0 Å². The molecule has 1 saturated heterocycles. The van der Waals surface area contributed by atoms with Gasteiger partial charge in [0.05, 0.1) is 25.2 Å². The van der Waals surface area contributed by atoms with Crippen LogP contribution in [0.5, 0.6) is 0 Å². The van der Waals surface area contributed by atoms with E-state index in [1.54, 1.807) is 0 Å². The first-order chi connectivity index (χ1) is 8.24. The third-order valence-electron chi connectivity index (χ3n) is 3.29. The molecule has 5 heteroatoms. The van der Waals surface area contributed by atoms with Crippen LogP contribution in [0.25, 0.3) is 0 Å². The van der Waals surface area contributed by atoms with Crippen molar-refractivity contribution in [2.24, 2.45) is 5.92 Å². The van der Waals surface area contributed by atoms with Crippen LogP contribution < -0.4 is 0 Å². The van der Waals surface area contributed by atoms with Gasteiger partial charge >= 0.3 is 5.97 Å². The van der Waals surface area contributed by atoms with Crippen molar-refractivity contribution in [3.8, 4) is 11.5 Å². The minimum atomic E-state index is -1.53. The summed E-state index contributed by atoms with van der Waals surface area (Å²) >= 11 is 0. The molecule has 1 aliphatic carbocycles. The summed E-state index contributed by atoms with van der Waals surface area (Å²) in [6, 6.07) is 0. The van der Waals surface area contributed by atoms with Crippen molar-refractivity contribution in [1.29, 1.82) is 0 Å². The standard InChI is InChI=1S/C13H20O4Si/c1-16-12(14)9-7-13(15,5-6-18(2,3)4)8-10-11(9)17-10/h9-11,15H,7-8H2,1-4H3. The number of ether oxygens (including phenoxy) is 2. The van der Waals surface area contributed by atoms with E-state index in [4.69, 9.17) is 9.47 Å². The molecule has 100 valence electrons. The number of hydrogen-bond donors (Lipinski definition) is 1. The molecule has 18 heavy (non-hydrogen) atoms. The van der Waals surface area contributed by atoms with Crippen molar-refractivity contribution in [3.63, 3.8) is 0 Å². The van der Waals surface area contributed by atoms with Gasteiger partial charge in [-0.1, -0.05) is 25.6 Å². The van der Waals surface area contributed by atoms with Crippen LogP contribution in [0, 0.1) is 17.4 Å². The second kappa shape index (κ2) is 4.37. The Morgan fingerprint density at radius 1 is 1.44 bits per heavy atom. The predicted octanol–water partition coefficient (Wildman–Crippen LogP) is 0.949. The van der Waals surface area contributed by atoms with E-state index in [-0.39, 0.29) is 24.1 Å². The van der Waals surface area contributed by atoms with Gasteiger partial charge in [-0.2, -0.15) is 0 Å². The lowest BCUT2D eigenvalue weighted by Crippen LogP contribution is -2.41. The summed E-state index contributed by atoms with van der Waals surface area (Å²) in [5, 5.41) is 10.5. The van der Waals surface area contributed by atoms with E-state index in [0.717, 1.165) is 0 Å². The number of carbonyl (C=O) groups excluding carboxylic acids is 1. The maximum Gasteiger partial charge on any atom is 0.311 e. The Kier molecular flexibility index (Phi) is 3.30. The summed E-state index contributed by atoms with van der Waals surface area (Å²) in [5.74, 6) is 2.29. The number of epoxide rings is 1. The largest absolute Gasteiger partial charge is 0.469 e. The van der Waals surface area contributed by atoms with Gasteiger partial charge in [0.1, 0.15) is 13.7 Å². The molecular formula is C13H20O4Si. The van der Waals surface area contributed by atoms with Crippen molar-refractivity contribution in [2.45, 2.75) is 50.3 Å². The number of rotatable bonds is 1. The Morgan fingerprint density at radius 2 is 2.11 bits per heavy atom. The van der Waals surface area contributed by atoms with E-state index < -0.39 is 13.7 Å².